The van der Waals surface area contributed by atoms with Crippen LogP contribution in [0.1, 0.15) is 25.5 Å². The number of carbonyl (C=O) groups is 1. The van der Waals surface area contributed by atoms with Crippen LogP contribution in [-0.4, -0.2) is 24.9 Å². The Morgan fingerprint density at radius 3 is 2.45 bits per heavy atom. The summed E-state index contributed by atoms with van der Waals surface area (Å²) in [6.45, 7) is 2.99. The van der Waals surface area contributed by atoms with Gasteiger partial charge in [-0.3, -0.25) is 4.79 Å². The summed E-state index contributed by atoms with van der Waals surface area (Å²) in [5, 5.41) is 12.5. The minimum absolute atomic E-state index is 0.00769. The molecule has 10 heteroatoms. The number of hydrogen-bond acceptors (Lipinski definition) is 5. The third-order valence-corrected chi connectivity index (χ3v) is 4.30. The van der Waals surface area contributed by atoms with E-state index in [1.807, 2.05) is 0 Å². The third kappa shape index (κ3) is 2.63. The topological polar surface area (TPSA) is 92.7 Å². The number of fused-ring (bicyclic) bond motifs is 1. The van der Waals surface area contributed by atoms with E-state index in [2.05, 4.69) is 9.50 Å². The first-order valence-corrected chi connectivity index (χ1v) is 7.41. The Bertz CT molecular complexity index is 727. The smallest absolute Gasteiger partial charge is 0.387 e. The number of aliphatic hydroxyl groups excluding tert-OH is 1. The molecule has 0 spiro atoms. The van der Waals surface area contributed by atoms with Gasteiger partial charge in [0.15, 0.2) is 0 Å². The number of rotatable bonds is 2. The molecule has 6 nitrogen and oxygen atoms in total. The maximum atomic E-state index is 12.3. The second-order valence-electron chi connectivity index (χ2n) is 5.31. The number of hydrogen-bond donors (Lipinski definition) is 2. The van der Waals surface area contributed by atoms with Gasteiger partial charge in [-0.25, -0.2) is 0 Å². The van der Waals surface area contributed by atoms with Crippen LogP contribution in [0.4, 0.5) is 18.9 Å². The molecule has 1 aliphatic heterocycles. The highest BCUT2D eigenvalue weighted by Crippen LogP contribution is 2.43. The summed E-state index contributed by atoms with van der Waals surface area (Å²) < 4.78 is 62.6. The molecule has 1 atom stereocenters. The average Bonchev–Trinajstić information content (AvgIpc) is 2.35. The van der Waals surface area contributed by atoms with Crippen molar-refractivity contribution >= 4 is 21.7 Å². The number of anilines is 1. The average molecular weight is 339 g/mol. The van der Waals surface area contributed by atoms with Gasteiger partial charge in [-0.15, -0.1) is 0 Å². The van der Waals surface area contributed by atoms with Crippen molar-refractivity contribution in [1.82, 2.24) is 0 Å². The van der Waals surface area contributed by atoms with Crippen LogP contribution >= 0.6 is 0 Å². The van der Waals surface area contributed by atoms with Crippen LogP contribution in [0.25, 0.3) is 0 Å². The van der Waals surface area contributed by atoms with Crippen molar-refractivity contribution in [3.63, 3.8) is 0 Å². The van der Waals surface area contributed by atoms with E-state index in [1.165, 1.54) is 19.9 Å². The summed E-state index contributed by atoms with van der Waals surface area (Å²) >= 11 is 0. The van der Waals surface area contributed by atoms with Crippen molar-refractivity contribution < 1.29 is 35.7 Å². The zero-order chi connectivity index (χ0) is 16.9. The highest BCUT2D eigenvalue weighted by Gasteiger charge is 2.49. The van der Waals surface area contributed by atoms with Gasteiger partial charge in [-0.1, -0.05) is 6.07 Å². The molecular weight excluding hydrogens is 327 g/mol. The molecule has 0 saturated carbocycles. The minimum Gasteiger partial charge on any atom is -0.387 e. The molecule has 0 aliphatic carbocycles. The van der Waals surface area contributed by atoms with Crippen molar-refractivity contribution in [2.24, 2.45) is 5.41 Å². The maximum absolute atomic E-state index is 12.3. The van der Waals surface area contributed by atoms with E-state index in [-0.39, 0.29) is 11.3 Å². The molecule has 0 aromatic heterocycles. The first-order chi connectivity index (χ1) is 9.86. The Balaban J connectivity index is 2.39. The largest absolute Gasteiger partial charge is 0.534 e. The van der Waals surface area contributed by atoms with Crippen molar-refractivity contribution in [2.45, 2.75) is 25.5 Å². The lowest BCUT2D eigenvalue weighted by Gasteiger charge is -2.35. The molecule has 1 aromatic rings. The number of aliphatic hydroxyl groups is 1. The predicted octanol–water partition coefficient (Wildman–Crippen LogP) is 1.93. The number of benzene rings is 1. The molecule has 2 N–H and O–H groups in total. The zero-order valence-electron chi connectivity index (χ0n) is 11.4. The van der Waals surface area contributed by atoms with Gasteiger partial charge in [-0.05, 0) is 19.9 Å². The van der Waals surface area contributed by atoms with Gasteiger partial charge in [0, 0.05) is 11.6 Å². The number of carbonyl (C=O) groups excluding carboxylic acids is 1. The van der Waals surface area contributed by atoms with Crippen LogP contribution in [0.2, 0.25) is 0 Å². The van der Waals surface area contributed by atoms with Crippen LogP contribution in [0.15, 0.2) is 18.2 Å². The molecule has 0 radical (unpaired) electrons. The monoisotopic (exact) mass is 339 g/mol. The third-order valence-electron chi connectivity index (χ3n) is 3.33. The van der Waals surface area contributed by atoms with Gasteiger partial charge in [0.25, 0.3) is 0 Å². The maximum Gasteiger partial charge on any atom is 0.534 e. The van der Waals surface area contributed by atoms with E-state index in [1.54, 1.807) is 0 Å². The molecule has 1 aromatic carbocycles. The number of nitrogens with one attached hydrogen (secondary N) is 1. The van der Waals surface area contributed by atoms with Gasteiger partial charge in [0.1, 0.15) is 5.75 Å². The van der Waals surface area contributed by atoms with E-state index in [9.17, 15) is 31.5 Å². The molecular formula is C12H12F3NO5S. The highest BCUT2D eigenvalue weighted by atomic mass is 32.2. The Morgan fingerprint density at radius 1 is 1.32 bits per heavy atom. The summed E-state index contributed by atoms with van der Waals surface area (Å²) in [4.78, 5) is 11.8. The zero-order valence-corrected chi connectivity index (χ0v) is 12.2. The number of amides is 1. The second-order valence-corrected chi connectivity index (χ2v) is 6.85. The van der Waals surface area contributed by atoms with Gasteiger partial charge in [-0.2, -0.15) is 21.6 Å². The number of alkyl halides is 3. The van der Waals surface area contributed by atoms with Gasteiger partial charge < -0.3 is 14.6 Å². The Hall–Kier alpha value is -1.81. The van der Waals surface area contributed by atoms with E-state index in [0.29, 0.717) is 0 Å². The van der Waals surface area contributed by atoms with Crippen molar-refractivity contribution in [2.75, 3.05) is 5.32 Å². The molecule has 0 fully saturated rings. The van der Waals surface area contributed by atoms with Crippen LogP contribution in [-0.2, 0) is 14.9 Å². The molecule has 2 rings (SSSR count). The molecule has 1 amide bonds. The lowest BCUT2D eigenvalue weighted by Crippen LogP contribution is -2.40. The molecule has 0 saturated heterocycles. The van der Waals surface area contributed by atoms with Crippen molar-refractivity contribution in [3.05, 3.63) is 23.8 Å². The number of halogens is 3. The molecule has 122 valence electrons. The summed E-state index contributed by atoms with van der Waals surface area (Å²) in [5.74, 6) is -1.17. The molecule has 0 unspecified atom stereocenters. The standard InChI is InChI=1S/C12H12F3NO5S/c1-11(2)9(17)7-4-3-6(5-8(7)16-10(11)18)21-22(19,20)12(13,14)15/h3-5,9,17H,1-2H3,(H,16,18)/t9-/m0/s1. The molecule has 1 aliphatic rings. The fraction of sp³-hybridized carbons (Fsp3) is 0.417. The summed E-state index contributed by atoms with van der Waals surface area (Å²) in [6, 6.07) is 3.08. The fourth-order valence-corrected chi connectivity index (χ4v) is 2.36. The first-order valence-electron chi connectivity index (χ1n) is 6.00. The second kappa shape index (κ2) is 4.85. The van der Waals surface area contributed by atoms with Crippen LogP contribution in [0, 0.1) is 5.41 Å². The van der Waals surface area contributed by atoms with E-state index < -0.39 is 38.8 Å². The summed E-state index contributed by atoms with van der Waals surface area (Å²) in [7, 11) is -5.80. The van der Waals surface area contributed by atoms with Crippen LogP contribution in [0.5, 0.6) is 5.75 Å². The van der Waals surface area contributed by atoms with E-state index in [4.69, 9.17) is 0 Å². The van der Waals surface area contributed by atoms with E-state index in [0.717, 1.165) is 12.1 Å². The Morgan fingerprint density at radius 2 is 1.91 bits per heavy atom. The predicted molar refractivity (Wildman–Crippen MR) is 69.4 cm³/mol. The minimum atomic E-state index is -5.80. The van der Waals surface area contributed by atoms with Gasteiger partial charge in [0.05, 0.1) is 17.2 Å². The normalized spacial score (nSPS) is 21.0. The highest BCUT2D eigenvalue weighted by molar-refractivity contribution is 7.88. The Kier molecular flexibility index (Phi) is 3.65. The Labute approximate surface area is 124 Å². The quantitative estimate of drug-likeness (QED) is 0.634. The van der Waals surface area contributed by atoms with Gasteiger partial charge in [0.2, 0.25) is 5.91 Å². The summed E-state index contributed by atoms with van der Waals surface area (Å²) in [5.41, 5.74) is -6.45. The van der Waals surface area contributed by atoms with Crippen LogP contribution < -0.4 is 9.50 Å². The first kappa shape index (κ1) is 16.6. The van der Waals surface area contributed by atoms with Gasteiger partial charge >= 0.3 is 15.6 Å². The van der Waals surface area contributed by atoms with Crippen LogP contribution in [0.3, 0.4) is 0 Å². The van der Waals surface area contributed by atoms with Crippen molar-refractivity contribution in [3.8, 4) is 5.75 Å². The fourth-order valence-electron chi connectivity index (χ4n) is 1.90. The SMILES string of the molecule is CC1(C)C(=O)Nc2cc(OS(=O)(=O)C(F)(F)F)ccc2[C@@H]1O. The lowest BCUT2D eigenvalue weighted by molar-refractivity contribution is -0.130. The molecule has 1 heterocycles. The van der Waals surface area contributed by atoms with E-state index >= 15 is 0 Å². The van der Waals surface area contributed by atoms with Crippen molar-refractivity contribution in [1.29, 1.82) is 0 Å². The summed E-state index contributed by atoms with van der Waals surface area (Å²) in [6.07, 6.45) is -1.19. The molecule has 22 heavy (non-hydrogen) atoms. The molecule has 0 bridgehead atoms. The lowest BCUT2D eigenvalue weighted by atomic mass is 9.78.